The van der Waals surface area contributed by atoms with Crippen LogP contribution < -0.4 is 0 Å². The zero-order chi connectivity index (χ0) is 97.0. The molecule has 0 amide bonds. The van der Waals surface area contributed by atoms with E-state index in [1.807, 2.05) is 133 Å². The number of halogens is 1. The van der Waals surface area contributed by atoms with Gasteiger partial charge in [0.1, 0.15) is 38.1 Å². The van der Waals surface area contributed by atoms with Gasteiger partial charge in [0.25, 0.3) is 0 Å². The van der Waals surface area contributed by atoms with E-state index >= 15 is 0 Å². The number of hydrogen-bond donors (Lipinski definition) is 3. The number of rotatable bonds is 17. The first-order valence-corrected chi connectivity index (χ1v) is 49.1. The molecule has 17 aromatic carbocycles. The van der Waals surface area contributed by atoms with Crippen molar-refractivity contribution in [2.75, 3.05) is 0 Å². The predicted molar refractivity (Wildman–Crippen MR) is 585 cm³/mol. The molecular formula is C126H106FN6O3Pt3S3-3. The van der Waals surface area contributed by atoms with Crippen LogP contribution in [0, 0.1) is 37.9 Å². The van der Waals surface area contributed by atoms with Crippen LogP contribution in [-0.4, -0.2) is 48.9 Å². The van der Waals surface area contributed by atoms with Gasteiger partial charge in [-0.3, -0.25) is 15.0 Å². The van der Waals surface area contributed by atoms with E-state index in [2.05, 4.69) is 297 Å². The molecule has 0 aliphatic heterocycles. The molecule has 3 N–H and O–H groups in total. The summed E-state index contributed by atoms with van der Waals surface area (Å²) < 4.78 is 16.8. The topological polar surface area (TPSA) is 136 Å². The van der Waals surface area contributed by atoms with Gasteiger partial charge in [-0.25, -0.2) is 19.3 Å². The molecule has 716 valence electrons. The summed E-state index contributed by atoms with van der Waals surface area (Å²) in [5.74, 6) is 0.303. The quantitative estimate of drug-likeness (QED) is 0.0614. The number of para-hydroxylation sites is 3. The molecule has 0 atom stereocenters. The van der Waals surface area contributed by atoms with Gasteiger partial charge in [-0.05, 0) is 205 Å². The van der Waals surface area contributed by atoms with Crippen LogP contribution >= 0.6 is 34.0 Å². The van der Waals surface area contributed by atoms with E-state index in [4.69, 9.17) is 29.9 Å². The number of phenolic OH excluding ortho intramolecular Hbond substituents is 3. The summed E-state index contributed by atoms with van der Waals surface area (Å²) in [6, 6.07) is 128. The summed E-state index contributed by atoms with van der Waals surface area (Å²) in [4.78, 5) is 30.3. The Kier molecular flexibility index (Phi) is 32.1. The molecule has 20 rings (SSSR count). The van der Waals surface area contributed by atoms with Gasteiger partial charge >= 0.3 is 0 Å². The van der Waals surface area contributed by atoms with Gasteiger partial charge in [0, 0.05) is 151 Å². The van der Waals surface area contributed by atoms with Gasteiger partial charge < -0.3 is 15.3 Å². The van der Waals surface area contributed by atoms with Crippen molar-refractivity contribution in [3.05, 3.63) is 426 Å². The number of aliphatic imine (C=N–C) groups is 3. The summed E-state index contributed by atoms with van der Waals surface area (Å²) in [6.45, 7) is 30.6. The molecule has 142 heavy (non-hydrogen) atoms. The first-order chi connectivity index (χ1) is 66.8. The molecule has 0 saturated carbocycles. The fourth-order valence-electron chi connectivity index (χ4n) is 17.1. The molecule has 0 fully saturated rings. The molecule has 9 nitrogen and oxygen atoms in total. The van der Waals surface area contributed by atoms with Crippen LogP contribution in [0.2, 0.25) is 0 Å². The third kappa shape index (κ3) is 23.7. The van der Waals surface area contributed by atoms with Gasteiger partial charge in [-0.1, -0.05) is 293 Å². The standard InChI is InChI=1S/C52H45N2OS.C38H33N2OS.C36H28FN2OS.3Pt/c1-51(2,3)42-29-41(49(55)45(32-42)52(4,5)6)33-53-46-26-14-13-25-43(46)50-54-48-44(39-24-16-22-37(28-39)35-19-11-8-12-20-35)30-40(31-47(48)56-50)38-23-15-21-36(27-38)34-17-9-7-10-18-34;1-24-17-25(2)19-28(18-24)27-15-16-34(41)29(20-27)23-39-33-14-10-9-13-31(33)37-40-36-32(26-11-7-6-8-12-26)21-30(38(3,4)5)22-35(36)42-37;1-36(2,3)27-20-30(24-9-5-4-6-10-24)34-33(21-27)41-35(39-34)29-11-7-8-12-31(29)38-22-26-19-25(15-18-32(26)40)23-13-16-28(37)17-14-23;;;/h7-23,25-33,55H,1-6H3;6-11,13-23,41H,1-5H3;4-9,11-22,40H,1-3H3;;;/q3*-1;;;. The third-order valence-electron chi connectivity index (χ3n) is 24.7. The number of fused-ring (bicyclic) bond motifs is 3. The molecule has 0 aliphatic carbocycles. The average molecular weight is 2450 g/mol. The van der Waals surface area contributed by atoms with E-state index in [0.29, 0.717) is 16.7 Å². The van der Waals surface area contributed by atoms with Crippen molar-refractivity contribution in [1.29, 1.82) is 0 Å². The number of aryl methyl sites for hydroxylation is 2. The minimum Gasteiger partial charge on any atom is -0.507 e. The first-order valence-electron chi connectivity index (χ1n) is 46.7. The maximum atomic E-state index is 13.4. The van der Waals surface area contributed by atoms with Gasteiger partial charge in [-0.15, -0.1) is 141 Å². The van der Waals surface area contributed by atoms with Crippen LogP contribution in [0.4, 0.5) is 21.5 Å². The van der Waals surface area contributed by atoms with Crippen molar-refractivity contribution < 1.29 is 82.9 Å². The molecule has 16 heteroatoms. The SMILES string of the molecule is CC(C)(C)c1cc(-c2[c-]cccc2)c2nc(-c3ccccc3N=Cc3cc(-c4ccc(F)cc4)ccc3O)sc2c1.CC(C)(C)c1cc(C=Nc2ccccc2-c2nc3c(-c4[c-]ccc(-c5ccccc5)c4)cc(-c4cccc(-c5ccccc5)c4)cc3s2)c(O)c(C(C)(C)C)c1.Cc1cc(C)cc(-c2ccc(O)c(C=Nc3ccccc3-c3nc4c(-c5[c-]cccc5)cc(C(C)(C)C)cc4s3)c2)c1.[Pt].[Pt].[Pt]. The molecule has 20 aromatic rings. The summed E-state index contributed by atoms with van der Waals surface area (Å²) in [5.41, 5.74) is 33.7. The van der Waals surface area contributed by atoms with Crippen LogP contribution in [0.3, 0.4) is 0 Å². The van der Waals surface area contributed by atoms with Gasteiger partial charge in [0.05, 0.1) is 17.1 Å². The summed E-state index contributed by atoms with van der Waals surface area (Å²) in [7, 11) is 0. The molecule has 0 unspecified atom stereocenters. The summed E-state index contributed by atoms with van der Waals surface area (Å²) >= 11 is 5.00. The number of benzene rings is 17. The van der Waals surface area contributed by atoms with Crippen LogP contribution in [0.1, 0.15) is 133 Å². The summed E-state index contributed by atoms with van der Waals surface area (Å²) in [6.07, 6.45) is 5.21. The van der Waals surface area contributed by atoms with Gasteiger partial charge in [0.2, 0.25) is 0 Å². The molecule has 0 saturated heterocycles. The Hall–Kier alpha value is -13.2. The number of aromatic nitrogens is 3. The number of aromatic hydroxyl groups is 3. The maximum Gasteiger partial charge on any atom is 0.128 e. The molecular weight excluding hydrogens is 2350 g/mol. The summed E-state index contributed by atoms with van der Waals surface area (Å²) in [5, 5.41) is 35.4. The van der Waals surface area contributed by atoms with Crippen LogP contribution in [0.25, 0.3) is 151 Å². The molecule has 0 aliphatic rings. The third-order valence-corrected chi connectivity index (χ3v) is 27.9. The first kappa shape index (κ1) is 103. The molecule has 3 aromatic heterocycles. The number of nitrogens with zero attached hydrogens (tertiary/aromatic N) is 6. The van der Waals surface area contributed by atoms with Crippen molar-refractivity contribution in [2.24, 2.45) is 15.0 Å². The average Bonchev–Trinajstić information content (AvgIpc) is 1.77. The van der Waals surface area contributed by atoms with E-state index in [1.165, 1.54) is 45.5 Å². The Morgan fingerprint density at radius 1 is 0.282 bits per heavy atom. The second kappa shape index (κ2) is 44.1. The predicted octanol–water partition coefficient (Wildman–Crippen LogP) is 34.9. The molecule has 3 heterocycles. The van der Waals surface area contributed by atoms with E-state index in [0.717, 1.165) is 168 Å². The van der Waals surface area contributed by atoms with Crippen molar-refractivity contribution in [3.63, 3.8) is 0 Å². The molecule has 0 radical (unpaired) electrons. The number of hydrogen-bond acceptors (Lipinski definition) is 12. The van der Waals surface area contributed by atoms with E-state index in [9.17, 15) is 19.7 Å². The molecule has 0 spiro atoms. The van der Waals surface area contributed by atoms with E-state index < -0.39 is 0 Å². The second-order valence-corrected chi connectivity index (χ2v) is 42.3. The monoisotopic (exact) mass is 2450 g/mol. The fourth-order valence-corrected chi connectivity index (χ4v) is 20.3. The van der Waals surface area contributed by atoms with Crippen LogP contribution in [0.5, 0.6) is 17.2 Å². The second-order valence-electron chi connectivity index (χ2n) is 39.2. The van der Waals surface area contributed by atoms with Gasteiger partial charge in [-0.2, -0.15) is 0 Å². The largest absolute Gasteiger partial charge is 0.507 e. The zero-order valence-electron chi connectivity index (χ0n) is 81.3. The Morgan fingerprint density at radius 2 is 0.641 bits per heavy atom. The minimum absolute atomic E-state index is 0. The van der Waals surface area contributed by atoms with Crippen LogP contribution in [-0.2, 0) is 84.9 Å². The van der Waals surface area contributed by atoms with Crippen molar-refractivity contribution in [3.8, 4) is 138 Å². The van der Waals surface area contributed by atoms with Crippen LogP contribution in [0.15, 0.2) is 367 Å². The van der Waals surface area contributed by atoms with Gasteiger partial charge in [0.15, 0.2) is 0 Å². The van der Waals surface area contributed by atoms with Crippen molar-refractivity contribution in [1.82, 2.24) is 15.0 Å². The smallest absolute Gasteiger partial charge is 0.128 e. The Labute approximate surface area is 887 Å². The van der Waals surface area contributed by atoms with Crippen molar-refractivity contribution in [2.45, 2.75) is 119 Å². The van der Waals surface area contributed by atoms with E-state index in [1.54, 1.807) is 76.9 Å². The molecule has 0 bridgehead atoms. The van der Waals surface area contributed by atoms with Crippen molar-refractivity contribution >= 4 is 100 Å². The zero-order valence-corrected chi connectivity index (χ0v) is 90.6. The van der Waals surface area contributed by atoms with E-state index in [-0.39, 0.29) is 108 Å². The maximum absolute atomic E-state index is 13.4. The fraction of sp³-hybridized carbons (Fsp3) is 0.143. The Balaban J connectivity index is 0.000000162. The number of phenols is 3. The Bertz CT molecular complexity index is 8030. The Morgan fingerprint density at radius 3 is 1.08 bits per heavy atom. The minimum atomic E-state index is -0.288. The normalized spacial score (nSPS) is 11.7. The number of thiazole rings is 3.